The topological polar surface area (TPSA) is 125 Å². The molecular weight excluding hydrogens is 540 g/mol. The van der Waals surface area contributed by atoms with Gasteiger partial charge in [-0.2, -0.15) is 0 Å². The lowest BCUT2D eigenvalue weighted by atomic mass is 10.0. The first-order valence-electron chi connectivity index (χ1n) is 12.4. The molecule has 5 aromatic rings. The van der Waals surface area contributed by atoms with Gasteiger partial charge in [0.25, 0.3) is 0 Å². The molecule has 0 amide bonds. The number of aliphatic carboxylic acids is 1. The van der Waals surface area contributed by atoms with E-state index in [1.165, 1.54) is 24.4 Å². The molecule has 6 rings (SSSR count). The summed E-state index contributed by atoms with van der Waals surface area (Å²) in [5.41, 5.74) is 4.08. The first kappa shape index (κ1) is 25.8. The van der Waals surface area contributed by atoms with Crippen molar-refractivity contribution in [2.75, 3.05) is 6.26 Å². The Bertz CT molecular complexity index is 1910. The van der Waals surface area contributed by atoms with Crippen LogP contribution < -0.4 is 4.74 Å². The molecule has 0 bridgehead atoms. The Kier molecular flexibility index (Phi) is 6.18. The maximum absolute atomic E-state index is 15.0. The van der Waals surface area contributed by atoms with Crippen LogP contribution in [0.2, 0.25) is 0 Å². The lowest BCUT2D eigenvalue weighted by molar-refractivity contribution is -0.141. The minimum Gasteiger partial charge on any atom is -0.481 e. The van der Waals surface area contributed by atoms with E-state index < -0.39 is 39.1 Å². The van der Waals surface area contributed by atoms with Gasteiger partial charge in [0.1, 0.15) is 22.3 Å². The molecule has 0 unspecified atom stereocenters. The van der Waals surface area contributed by atoms with Crippen molar-refractivity contribution in [3.63, 3.8) is 0 Å². The summed E-state index contributed by atoms with van der Waals surface area (Å²) in [6.45, 7) is 0. The number of aromatic nitrogens is 3. The first-order valence-corrected chi connectivity index (χ1v) is 14.3. The van der Waals surface area contributed by atoms with Crippen LogP contribution >= 0.6 is 0 Å². The predicted octanol–water partition coefficient (Wildman–Crippen LogP) is 5.42. The molecule has 0 radical (unpaired) electrons. The largest absolute Gasteiger partial charge is 0.481 e. The average Bonchev–Trinajstić information content (AvgIpc) is 3.64. The van der Waals surface area contributed by atoms with Gasteiger partial charge < -0.3 is 19.8 Å². The van der Waals surface area contributed by atoms with Crippen LogP contribution in [0, 0.1) is 17.6 Å². The number of carboxylic acid groups (broad SMARTS) is 1. The Labute approximate surface area is 227 Å². The highest BCUT2D eigenvalue weighted by Gasteiger charge is 2.27. The minimum absolute atomic E-state index is 0.0274. The van der Waals surface area contributed by atoms with Gasteiger partial charge in [-0.15, -0.1) is 0 Å². The van der Waals surface area contributed by atoms with Crippen LogP contribution in [-0.2, 0) is 33.9 Å². The van der Waals surface area contributed by atoms with Gasteiger partial charge in [-0.25, -0.2) is 22.2 Å². The Hall–Kier alpha value is -4.51. The van der Waals surface area contributed by atoms with E-state index in [2.05, 4.69) is 15.0 Å². The second kappa shape index (κ2) is 9.60. The standard InChI is InChI=1S/C29H23F2N3O5S/c1-40(37,38)27-21-6-7-32-25(21)13-24(31)26(27)39-20-4-5-23(30)22(12-20)28-33-14-19(34-28)9-15-2-3-16-10-18(29(35)36)11-17(16)8-15/h2-8,12-14,18,32H,9-11H2,1H3,(H,33,34)(H,35,36)/t18-/m0/s1. The van der Waals surface area contributed by atoms with E-state index in [4.69, 9.17) is 4.74 Å². The summed E-state index contributed by atoms with van der Waals surface area (Å²) in [6, 6.07) is 12.3. The number of halogens is 2. The minimum atomic E-state index is -3.89. The van der Waals surface area contributed by atoms with Crippen molar-refractivity contribution in [1.29, 1.82) is 0 Å². The van der Waals surface area contributed by atoms with E-state index in [0.29, 0.717) is 30.5 Å². The number of hydrogen-bond donors (Lipinski definition) is 3. The van der Waals surface area contributed by atoms with Crippen molar-refractivity contribution in [2.45, 2.75) is 24.2 Å². The summed E-state index contributed by atoms with van der Waals surface area (Å²) in [4.78, 5) is 21.2. The third kappa shape index (κ3) is 4.73. The van der Waals surface area contributed by atoms with Crippen LogP contribution in [0.4, 0.5) is 8.78 Å². The molecule has 0 saturated heterocycles. The molecule has 8 nitrogen and oxygen atoms in total. The number of carbonyl (C=O) groups is 1. The monoisotopic (exact) mass is 563 g/mol. The summed E-state index contributed by atoms with van der Waals surface area (Å²) in [5, 5.41) is 9.60. The highest BCUT2D eigenvalue weighted by molar-refractivity contribution is 7.91. The normalized spacial score (nSPS) is 14.9. The fraction of sp³-hybridized carbons (Fsp3) is 0.172. The highest BCUT2D eigenvalue weighted by atomic mass is 32.2. The maximum atomic E-state index is 15.0. The number of H-pyrrole nitrogens is 2. The summed E-state index contributed by atoms with van der Waals surface area (Å²) < 4.78 is 60.7. The number of aromatic amines is 2. The smallest absolute Gasteiger partial charge is 0.307 e. The molecule has 3 N–H and O–H groups in total. The predicted molar refractivity (Wildman–Crippen MR) is 143 cm³/mol. The molecule has 11 heteroatoms. The summed E-state index contributed by atoms with van der Waals surface area (Å²) in [5.74, 6) is -2.93. The van der Waals surface area contributed by atoms with E-state index >= 15 is 0 Å². The molecular formula is C29H23F2N3O5S. The van der Waals surface area contributed by atoms with Crippen molar-refractivity contribution in [3.8, 4) is 22.9 Å². The van der Waals surface area contributed by atoms with Crippen LogP contribution in [0.3, 0.4) is 0 Å². The quantitative estimate of drug-likeness (QED) is 0.243. The fourth-order valence-corrected chi connectivity index (χ4v) is 6.27. The van der Waals surface area contributed by atoms with E-state index in [0.717, 1.165) is 35.1 Å². The third-order valence-electron chi connectivity index (χ3n) is 7.08. The maximum Gasteiger partial charge on any atom is 0.307 e. The second-order valence-corrected chi connectivity index (χ2v) is 11.9. The van der Waals surface area contributed by atoms with Crippen LogP contribution in [0.1, 0.15) is 22.4 Å². The fourth-order valence-electron chi connectivity index (χ4n) is 5.22. The van der Waals surface area contributed by atoms with Crippen molar-refractivity contribution in [2.24, 2.45) is 5.92 Å². The first-order chi connectivity index (χ1) is 19.1. The zero-order valence-electron chi connectivity index (χ0n) is 21.2. The van der Waals surface area contributed by atoms with Crippen LogP contribution in [-0.4, -0.2) is 40.7 Å². The second-order valence-electron chi connectivity index (χ2n) is 9.95. The number of rotatable bonds is 7. The van der Waals surface area contributed by atoms with Gasteiger partial charge in [0.2, 0.25) is 0 Å². The molecule has 2 heterocycles. The SMILES string of the molecule is CS(=O)(=O)c1c(Oc2ccc(F)c(-c3ncc(Cc4ccc5c(c4)C[C@@H](C(=O)O)C5)[nH]3)c2)c(F)cc2[nH]ccc12. The Morgan fingerprint density at radius 1 is 1.07 bits per heavy atom. The number of sulfone groups is 1. The van der Waals surface area contributed by atoms with Crippen molar-refractivity contribution < 1.29 is 31.8 Å². The summed E-state index contributed by atoms with van der Waals surface area (Å²) in [7, 11) is -3.89. The Balaban J connectivity index is 1.28. The number of nitrogens with one attached hydrogen (secondary N) is 2. The molecule has 40 heavy (non-hydrogen) atoms. The van der Waals surface area contributed by atoms with Crippen molar-refractivity contribution in [3.05, 3.63) is 94.9 Å². The zero-order chi connectivity index (χ0) is 28.2. The summed E-state index contributed by atoms with van der Waals surface area (Å²) >= 11 is 0. The lowest BCUT2D eigenvalue weighted by Gasteiger charge is -2.13. The van der Waals surface area contributed by atoms with Crippen LogP contribution in [0.25, 0.3) is 22.3 Å². The van der Waals surface area contributed by atoms with Gasteiger partial charge in [0.15, 0.2) is 21.4 Å². The number of hydrogen-bond acceptors (Lipinski definition) is 5. The molecule has 204 valence electrons. The van der Waals surface area contributed by atoms with Gasteiger partial charge in [0, 0.05) is 47.7 Å². The molecule has 2 aromatic heterocycles. The van der Waals surface area contributed by atoms with Crippen molar-refractivity contribution >= 4 is 26.7 Å². The number of ether oxygens (including phenoxy) is 1. The molecule has 1 aliphatic carbocycles. The van der Waals surface area contributed by atoms with E-state index in [9.17, 15) is 27.1 Å². The summed E-state index contributed by atoms with van der Waals surface area (Å²) in [6.07, 6.45) is 5.52. The van der Waals surface area contributed by atoms with Crippen LogP contribution in [0.15, 0.2) is 65.8 Å². The van der Waals surface area contributed by atoms with Gasteiger partial charge in [0.05, 0.1) is 11.5 Å². The number of fused-ring (bicyclic) bond motifs is 2. The molecule has 0 saturated carbocycles. The van der Waals surface area contributed by atoms with E-state index in [1.807, 2.05) is 18.2 Å². The number of benzene rings is 3. The number of carboxylic acids is 1. The third-order valence-corrected chi connectivity index (χ3v) is 8.22. The van der Waals surface area contributed by atoms with E-state index in [-0.39, 0.29) is 27.4 Å². The Morgan fingerprint density at radius 3 is 2.65 bits per heavy atom. The van der Waals surface area contributed by atoms with Crippen molar-refractivity contribution in [1.82, 2.24) is 15.0 Å². The molecule has 0 aliphatic heterocycles. The highest BCUT2D eigenvalue weighted by Crippen LogP contribution is 2.38. The van der Waals surface area contributed by atoms with Gasteiger partial charge in [-0.1, -0.05) is 18.2 Å². The van der Waals surface area contributed by atoms with Gasteiger partial charge >= 0.3 is 5.97 Å². The molecule has 1 atom stereocenters. The Morgan fingerprint density at radius 2 is 1.88 bits per heavy atom. The van der Waals surface area contributed by atoms with E-state index in [1.54, 1.807) is 6.20 Å². The number of nitrogens with zero attached hydrogens (tertiary/aromatic N) is 1. The molecule has 0 fully saturated rings. The van der Waals surface area contributed by atoms with Gasteiger partial charge in [-0.3, -0.25) is 4.79 Å². The molecule has 0 spiro atoms. The van der Waals surface area contributed by atoms with Crippen LogP contribution in [0.5, 0.6) is 11.5 Å². The molecule has 1 aliphatic rings. The zero-order valence-corrected chi connectivity index (χ0v) is 22.0. The number of imidazole rings is 1. The van der Waals surface area contributed by atoms with Gasteiger partial charge in [-0.05, 0) is 53.8 Å². The molecule has 3 aromatic carbocycles. The average molecular weight is 564 g/mol. The lowest BCUT2D eigenvalue weighted by Crippen LogP contribution is -2.12.